The molecule has 7 heteroatoms. The molecule has 6 nitrogen and oxygen atoms in total. The van der Waals surface area contributed by atoms with Gasteiger partial charge in [-0.15, -0.1) is 0 Å². The van der Waals surface area contributed by atoms with Crippen molar-refractivity contribution in [2.75, 3.05) is 26.4 Å². The van der Waals surface area contributed by atoms with Gasteiger partial charge in [0, 0.05) is 13.3 Å². The number of Topliss-reactive ketones (excluding diaryl/α,β-unsaturated/α-hetero) is 1. The number of ketones is 1. The Morgan fingerprint density at radius 3 is 2.25 bits per heavy atom. The summed E-state index contributed by atoms with van der Waals surface area (Å²) < 4.78 is 36.2. The van der Waals surface area contributed by atoms with Gasteiger partial charge in [-0.1, -0.05) is 6.58 Å². The van der Waals surface area contributed by atoms with Crippen molar-refractivity contribution in [2.24, 2.45) is 0 Å². The predicted molar refractivity (Wildman–Crippen MR) is 77.8 cm³/mol. The molecule has 0 saturated carbocycles. The summed E-state index contributed by atoms with van der Waals surface area (Å²) in [7, 11) is -0.173. The predicted octanol–water partition coefficient (Wildman–Crippen LogP) is 1.24. The van der Waals surface area contributed by atoms with E-state index in [2.05, 4.69) is 6.58 Å². The van der Waals surface area contributed by atoms with Crippen LogP contribution in [0.4, 0.5) is 0 Å². The number of quaternary nitrogens is 1. The van der Waals surface area contributed by atoms with Crippen LogP contribution in [0.25, 0.3) is 0 Å². The molecule has 0 saturated heterocycles. The topological polar surface area (TPSA) is 80.7 Å². The fourth-order valence-electron chi connectivity index (χ4n) is 1.71. The van der Waals surface area contributed by atoms with E-state index < -0.39 is 16.2 Å². The van der Waals surface area contributed by atoms with E-state index in [1.807, 2.05) is 21.0 Å². The van der Waals surface area contributed by atoms with Crippen molar-refractivity contribution in [3.63, 3.8) is 0 Å². The molecule has 0 heterocycles. The molecule has 0 radical (unpaired) electrons. The summed E-state index contributed by atoms with van der Waals surface area (Å²) in [6.45, 7) is 9.24. The highest BCUT2D eigenvalue weighted by Gasteiger charge is 2.28. The number of ether oxygens (including phenoxy) is 1. The molecule has 0 spiro atoms. The summed E-state index contributed by atoms with van der Waals surface area (Å²) in [6, 6.07) is 0. The molecular weight excluding hydrogens is 282 g/mol. The molecule has 0 rings (SSSR count). The van der Waals surface area contributed by atoms with Gasteiger partial charge in [0.05, 0.1) is 26.4 Å². The Balaban J connectivity index is 4.47. The van der Waals surface area contributed by atoms with Crippen LogP contribution in [-0.4, -0.2) is 62.0 Å². The molecule has 2 atom stereocenters. The first-order chi connectivity index (χ1) is 8.87. The molecule has 0 aliphatic heterocycles. The third kappa shape index (κ3) is 7.14. The molecule has 0 aromatic heterocycles. The maximum absolute atomic E-state index is 11.7. The first-order valence-corrected chi connectivity index (χ1v) is 8.11. The van der Waals surface area contributed by atoms with Gasteiger partial charge in [0.15, 0.2) is 12.0 Å². The Bertz CT molecular complexity index is 455. The van der Waals surface area contributed by atoms with Crippen LogP contribution in [-0.2, 0) is 19.6 Å². The smallest absolute Gasteiger partial charge is 0.265 e. The molecule has 0 aromatic carbocycles. The van der Waals surface area contributed by atoms with E-state index >= 15 is 0 Å². The second-order valence-corrected chi connectivity index (χ2v) is 7.24. The lowest BCUT2D eigenvalue weighted by Crippen LogP contribution is -2.51. The number of hydrogen-bond acceptors (Lipinski definition) is 4. The van der Waals surface area contributed by atoms with Crippen molar-refractivity contribution in [1.82, 2.24) is 0 Å². The third-order valence-electron chi connectivity index (χ3n) is 3.31. The highest BCUT2D eigenvalue weighted by Crippen LogP contribution is 2.13. The third-order valence-corrected chi connectivity index (χ3v) is 4.12. The van der Waals surface area contributed by atoms with Gasteiger partial charge in [-0.05, 0) is 19.4 Å². The minimum absolute atomic E-state index is 0.144. The Labute approximate surface area is 121 Å². The summed E-state index contributed by atoms with van der Waals surface area (Å²) in [5.74, 6) is -0.420. The van der Waals surface area contributed by atoms with Gasteiger partial charge >= 0.3 is 0 Å². The fraction of sp³-hybridized carbons (Fsp3) is 0.769. The van der Waals surface area contributed by atoms with Crippen LogP contribution in [0.3, 0.4) is 0 Å². The molecule has 0 fully saturated rings. The first-order valence-electron chi connectivity index (χ1n) is 6.50. The van der Waals surface area contributed by atoms with Gasteiger partial charge in [-0.2, -0.15) is 8.42 Å². The summed E-state index contributed by atoms with van der Waals surface area (Å²) in [4.78, 5) is 11.7. The lowest BCUT2D eigenvalue weighted by atomic mass is 10.1. The van der Waals surface area contributed by atoms with Gasteiger partial charge in [0.25, 0.3) is 10.1 Å². The van der Waals surface area contributed by atoms with Crippen LogP contribution in [0.2, 0.25) is 0 Å². The molecule has 0 bridgehead atoms. The van der Waals surface area contributed by atoms with Crippen LogP contribution >= 0.6 is 0 Å². The van der Waals surface area contributed by atoms with Crippen LogP contribution in [0.15, 0.2) is 12.2 Å². The number of nitrogens with zero attached hydrogens (tertiary/aromatic N) is 1. The lowest BCUT2D eigenvalue weighted by molar-refractivity contribution is -0.936. The summed E-state index contributed by atoms with van der Waals surface area (Å²) in [5.41, 5.74) is 0.446. The average molecular weight is 308 g/mol. The Morgan fingerprint density at radius 2 is 1.85 bits per heavy atom. The molecule has 0 aromatic rings. The van der Waals surface area contributed by atoms with Crippen LogP contribution in [0, 0.1) is 0 Å². The zero-order valence-corrected chi connectivity index (χ0v) is 13.7. The van der Waals surface area contributed by atoms with Crippen molar-refractivity contribution >= 4 is 15.9 Å². The molecule has 20 heavy (non-hydrogen) atoms. The minimum atomic E-state index is -3.94. The summed E-state index contributed by atoms with van der Waals surface area (Å²) in [6.07, 6.45) is -0.543. The van der Waals surface area contributed by atoms with Crippen LogP contribution in [0.1, 0.15) is 27.2 Å². The Morgan fingerprint density at radius 1 is 1.35 bits per heavy atom. The Kier molecular flexibility index (Phi) is 7.03. The van der Waals surface area contributed by atoms with E-state index in [-0.39, 0.29) is 17.8 Å². The van der Waals surface area contributed by atoms with Gasteiger partial charge in [0.2, 0.25) is 0 Å². The largest absolute Gasteiger partial charge is 0.318 e. The fourth-order valence-corrected chi connectivity index (χ4v) is 2.20. The highest BCUT2D eigenvalue weighted by molar-refractivity contribution is 7.85. The van der Waals surface area contributed by atoms with Crippen LogP contribution < -0.4 is 0 Å². The molecule has 2 unspecified atom stereocenters. The normalized spacial score (nSPS) is 15.7. The van der Waals surface area contributed by atoms with E-state index in [0.717, 1.165) is 0 Å². The van der Waals surface area contributed by atoms with Gasteiger partial charge < -0.3 is 9.22 Å². The monoisotopic (exact) mass is 308 g/mol. The number of hydrogen-bond donors (Lipinski definition) is 1. The van der Waals surface area contributed by atoms with Crippen molar-refractivity contribution in [3.8, 4) is 0 Å². The van der Waals surface area contributed by atoms with Gasteiger partial charge in [-0.25, -0.2) is 0 Å². The standard InChI is InChI=1S/C13H25NO5S/c1-10(2)13(15)11(3)19-12(4)14(5,6)8-7-9-20(16,17)18/h11-12H,1,7-9H2,2-6H3/p+1. The molecule has 0 aliphatic rings. The molecule has 0 amide bonds. The Hall–Kier alpha value is -0.760. The van der Waals surface area contributed by atoms with Crippen molar-refractivity contribution in [3.05, 3.63) is 12.2 Å². The minimum Gasteiger partial charge on any atom is -0.318 e. The van der Waals surface area contributed by atoms with E-state index in [1.54, 1.807) is 13.8 Å². The number of carbonyl (C=O) groups excluding carboxylic acids is 1. The maximum Gasteiger partial charge on any atom is 0.265 e. The van der Waals surface area contributed by atoms with Crippen LogP contribution in [0.5, 0.6) is 0 Å². The van der Waals surface area contributed by atoms with E-state index in [4.69, 9.17) is 9.29 Å². The zero-order chi connectivity index (χ0) is 16.1. The second-order valence-electron chi connectivity index (χ2n) is 5.66. The number of carbonyl (C=O) groups is 1. The molecule has 118 valence electrons. The summed E-state index contributed by atoms with van der Waals surface area (Å²) >= 11 is 0. The van der Waals surface area contributed by atoms with Crippen molar-refractivity contribution in [1.29, 1.82) is 0 Å². The van der Waals surface area contributed by atoms with Gasteiger partial charge in [0.1, 0.15) is 6.10 Å². The average Bonchev–Trinajstić information content (AvgIpc) is 2.25. The molecular formula is C13H26NO5S+. The van der Waals surface area contributed by atoms with E-state index in [1.165, 1.54) is 0 Å². The highest BCUT2D eigenvalue weighted by atomic mass is 32.2. The zero-order valence-electron chi connectivity index (χ0n) is 12.9. The molecule has 1 N–H and O–H groups in total. The number of rotatable bonds is 9. The quantitative estimate of drug-likeness (QED) is 0.300. The maximum atomic E-state index is 11.7. The van der Waals surface area contributed by atoms with E-state index in [9.17, 15) is 13.2 Å². The first kappa shape index (κ1) is 19.2. The van der Waals surface area contributed by atoms with Crippen molar-refractivity contribution in [2.45, 2.75) is 39.5 Å². The lowest BCUT2D eigenvalue weighted by Gasteiger charge is -2.36. The molecule has 0 aliphatic carbocycles. The summed E-state index contributed by atoms with van der Waals surface area (Å²) in [5, 5.41) is 0. The van der Waals surface area contributed by atoms with Gasteiger partial charge in [-0.3, -0.25) is 9.35 Å². The second kappa shape index (κ2) is 7.31. The SMILES string of the molecule is C=C(C)C(=O)C(C)OC(C)[N+](C)(C)CCCS(=O)(=O)O. The van der Waals surface area contributed by atoms with Crippen molar-refractivity contribution < 1.29 is 27.0 Å². The van der Waals surface area contributed by atoms with E-state index in [0.29, 0.717) is 23.0 Å².